The molecule has 0 spiro atoms. The van der Waals surface area contributed by atoms with Gasteiger partial charge in [0.15, 0.2) is 0 Å². The molecule has 1 aromatic carbocycles. The van der Waals surface area contributed by atoms with E-state index in [1.807, 2.05) is 0 Å². The van der Waals surface area contributed by atoms with Crippen molar-refractivity contribution in [2.45, 2.75) is 18.4 Å². The fourth-order valence-corrected chi connectivity index (χ4v) is 1.75. The van der Waals surface area contributed by atoms with Crippen LogP contribution >= 0.6 is 0 Å². The molecule has 2 rings (SSSR count). The first-order chi connectivity index (χ1) is 9.00. The zero-order chi connectivity index (χ0) is 14.0. The smallest absolute Gasteiger partial charge is 0.329 e. The van der Waals surface area contributed by atoms with Crippen LogP contribution in [0.5, 0.6) is 11.5 Å². The fraction of sp³-hybridized carbons (Fsp3) is 0.385. The summed E-state index contributed by atoms with van der Waals surface area (Å²) in [7, 11) is 2.96. The van der Waals surface area contributed by atoms with E-state index in [0.717, 1.165) is 0 Å². The second-order valence-electron chi connectivity index (χ2n) is 4.44. The number of rotatable bonds is 5. The lowest BCUT2D eigenvalue weighted by atomic mass is 10.1. The number of methoxy groups -OCH3 is 2. The molecule has 0 radical (unpaired) electrons. The van der Waals surface area contributed by atoms with Crippen LogP contribution in [0.3, 0.4) is 0 Å². The molecule has 0 unspecified atom stereocenters. The first-order valence-electron chi connectivity index (χ1n) is 5.80. The van der Waals surface area contributed by atoms with Gasteiger partial charge in [-0.15, -0.1) is 0 Å². The van der Waals surface area contributed by atoms with Crippen LogP contribution < -0.4 is 14.8 Å². The molecule has 6 heteroatoms. The topological polar surface area (TPSA) is 84.9 Å². The zero-order valence-corrected chi connectivity index (χ0v) is 10.7. The lowest BCUT2D eigenvalue weighted by Crippen LogP contribution is -2.43. The normalized spacial score (nSPS) is 15.5. The summed E-state index contributed by atoms with van der Waals surface area (Å²) < 4.78 is 10.1. The van der Waals surface area contributed by atoms with Gasteiger partial charge < -0.3 is 19.9 Å². The SMILES string of the molecule is COc1cc(OC)cc(C(=O)NC2(C(=O)O)CC2)c1. The van der Waals surface area contributed by atoms with Crippen molar-refractivity contribution < 1.29 is 24.2 Å². The van der Waals surface area contributed by atoms with E-state index in [-0.39, 0.29) is 0 Å². The maximum atomic E-state index is 12.1. The molecule has 6 nitrogen and oxygen atoms in total. The minimum Gasteiger partial charge on any atom is -0.497 e. The Labute approximate surface area is 110 Å². The molecule has 0 aromatic heterocycles. The zero-order valence-electron chi connectivity index (χ0n) is 10.7. The monoisotopic (exact) mass is 265 g/mol. The summed E-state index contributed by atoms with van der Waals surface area (Å²) >= 11 is 0. The van der Waals surface area contributed by atoms with E-state index in [1.54, 1.807) is 6.07 Å². The third-order valence-corrected chi connectivity index (χ3v) is 3.13. The minimum absolute atomic E-state index is 0.309. The molecule has 0 saturated heterocycles. The van der Waals surface area contributed by atoms with Crippen LogP contribution in [0.4, 0.5) is 0 Å². The van der Waals surface area contributed by atoms with Crippen LogP contribution in [0.1, 0.15) is 23.2 Å². The molecule has 102 valence electrons. The van der Waals surface area contributed by atoms with Crippen LogP contribution in [0.15, 0.2) is 18.2 Å². The Morgan fingerprint density at radius 3 is 2.05 bits per heavy atom. The molecule has 1 amide bonds. The number of hydrogen-bond donors (Lipinski definition) is 2. The largest absolute Gasteiger partial charge is 0.497 e. The van der Waals surface area contributed by atoms with E-state index in [4.69, 9.17) is 14.6 Å². The average molecular weight is 265 g/mol. The number of carboxylic acid groups (broad SMARTS) is 1. The molecule has 1 saturated carbocycles. The Kier molecular flexibility index (Phi) is 3.33. The van der Waals surface area contributed by atoms with Crippen molar-refractivity contribution >= 4 is 11.9 Å². The standard InChI is InChI=1S/C13H15NO5/c1-18-9-5-8(6-10(7-9)19-2)11(15)14-13(3-4-13)12(16)17/h5-7H,3-4H2,1-2H3,(H,14,15)(H,16,17). The molecule has 1 aliphatic rings. The van der Waals surface area contributed by atoms with E-state index in [2.05, 4.69) is 5.32 Å². The number of amides is 1. The molecule has 19 heavy (non-hydrogen) atoms. The maximum absolute atomic E-state index is 12.1. The van der Waals surface area contributed by atoms with Crippen molar-refractivity contribution in [2.75, 3.05) is 14.2 Å². The molecule has 0 atom stereocenters. The van der Waals surface area contributed by atoms with Gasteiger partial charge in [0.05, 0.1) is 14.2 Å². The van der Waals surface area contributed by atoms with Gasteiger partial charge in [-0.25, -0.2) is 4.79 Å². The van der Waals surface area contributed by atoms with Crippen molar-refractivity contribution in [1.82, 2.24) is 5.32 Å². The summed E-state index contributed by atoms with van der Waals surface area (Å²) in [6.45, 7) is 0. The summed E-state index contributed by atoms with van der Waals surface area (Å²) in [4.78, 5) is 23.1. The Morgan fingerprint density at radius 2 is 1.68 bits per heavy atom. The minimum atomic E-state index is -1.10. The Bertz CT molecular complexity index is 500. The average Bonchev–Trinajstić information content (AvgIpc) is 3.19. The summed E-state index contributed by atoms with van der Waals surface area (Å²) in [5, 5.41) is 11.6. The van der Waals surface area contributed by atoms with Gasteiger partial charge in [0.2, 0.25) is 0 Å². The number of carbonyl (C=O) groups is 2. The summed E-state index contributed by atoms with van der Waals surface area (Å²) in [5.74, 6) is -0.498. The van der Waals surface area contributed by atoms with E-state index >= 15 is 0 Å². The third kappa shape index (κ3) is 2.62. The Balaban J connectivity index is 2.21. The van der Waals surface area contributed by atoms with E-state index in [1.165, 1.54) is 26.4 Å². The van der Waals surface area contributed by atoms with Gasteiger partial charge in [-0.1, -0.05) is 0 Å². The highest BCUT2D eigenvalue weighted by Gasteiger charge is 2.51. The summed E-state index contributed by atoms with van der Waals surface area (Å²) in [6, 6.07) is 4.71. The van der Waals surface area contributed by atoms with Crippen molar-refractivity contribution in [2.24, 2.45) is 0 Å². The molecular weight excluding hydrogens is 250 g/mol. The lowest BCUT2D eigenvalue weighted by Gasteiger charge is -2.13. The second kappa shape index (κ2) is 4.79. The fourth-order valence-electron chi connectivity index (χ4n) is 1.75. The van der Waals surface area contributed by atoms with Crippen molar-refractivity contribution in [3.8, 4) is 11.5 Å². The Hall–Kier alpha value is -2.24. The van der Waals surface area contributed by atoms with Gasteiger partial charge in [0.25, 0.3) is 5.91 Å². The van der Waals surface area contributed by atoms with Gasteiger partial charge >= 0.3 is 5.97 Å². The van der Waals surface area contributed by atoms with Crippen LogP contribution in [-0.2, 0) is 4.79 Å². The molecule has 0 heterocycles. The van der Waals surface area contributed by atoms with Crippen LogP contribution in [0.25, 0.3) is 0 Å². The number of ether oxygens (including phenoxy) is 2. The predicted molar refractivity (Wildman–Crippen MR) is 66.6 cm³/mol. The molecule has 1 fully saturated rings. The van der Waals surface area contributed by atoms with E-state index in [0.29, 0.717) is 29.9 Å². The highest BCUT2D eigenvalue weighted by atomic mass is 16.5. The first-order valence-corrected chi connectivity index (χ1v) is 5.80. The molecule has 1 aromatic rings. The van der Waals surface area contributed by atoms with E-state index in [9.17, 15) is 9.59 Å². The highest BCUT2D eigenvalue weighted by molar-refractivity contribution is 5.99. The van der Waals surface area contributed by atoms with Crippen molar-refractivity contribution in [3.63, 3.8) is 0 Å². The van der Waals surface area contributed by atoms with Crippen molar-refractivity contribution in [3.05, 3.63) is 23.8 Å². The Morgan fingerprint density at radius 1 is 1.16 bits per heavy atom. The van der Waals surface area contributed by atoms with Crippen LogP contribution in [0, 0.1) is 0 Å². The molecular formula is C13H15NO5. The quantitative estimate of drug-likeness (QED) is 0.831. The van der Waals surface area contributed by atoms with Gasteiger partial charge in [-0.05, 0) is 25.0 Å². The summed E-state index contributed by atoms with van der Waals surface area (Å²) in [6.07, 6.45) is 0.907. The number of carboxylic acids is 1. The van der Waals surface area contributed by atoms with E-state index < -0.39 is 17.4 Å². The van der Waals surface area contributed by atoms with Gasteiger partial charge in [-0.2, -0.15) is 0 Å². The number of carbonyl (C=O) groups excluding carboxylic acids is 1. The van der Waals surface area contributed by atoms with Crippen LogP contribution in [0.2, 0.25) is 0 Å². The molecule has 2 N–H and O–H groups in total. The van der Waals surface area contributed by atoms with Crippen molar-refractivity contribution in [1.29, 1.82) is 0 Å². The number of benzene rings is 1. The highest BCUT2D eigenvalue weighted by Crippen LogP contribution is 2.36. The number of aliphatic carboxylic acids is 1. The molecule has 1 aliphatic carbocycles. The maximum Gasteiger partial charge on any atom is 0.329 e. The first kappa shape index (κ1) is 13.2. The number of nitrogens with one attached hydrogen (secondary N) is 1. The van der Waals surface area contributed by atoms with Gasteiger partial charge in [0, 0.05) is 11.6 Å². The number of hydrogen-bond acceptors (Lipinski definition) is 4. The summed E-state index contributed by atoms with van der Waals surface area (Å²) in [5.41, 5.74) is -0.795. The van der Waals surface area contributed by atoms with Gasteiger partial charge in [-0.3, -0.25) is 4.79 Å². The molecule has 0 bridgehead atoms. The lowest BCUT2D eigenvalue weighted by molar-refractivity contribution is -0.140. The predicted octanol–water partition coefficient (Wildman–Crippen LogP) is 1.05. The van der Waals surface area contributed by atoms with Crippen LogP contribution in [-0.4, -0.2) is 36.7 Å². The molecule has 0 aliphatic heterocycles. The van der Waals surface area contributed by atoms with Gasteiger partial charge in [0.1, 0.15) is 17.0 Å². The third-order valence-electron chi connectivity index (χ3n) is 3.13. The second-order valence-corrected chi connectivity index (χ2v) is 4.44.